The Morgan fingerprint density at radius 1 is 1.50 bits per heavy atom. The molecule has 2 fully saturated rings. The molecule has 20 heavy (non-hydrogen) atoms. The van der Waals surface area contributed by atoms with Crippen molar-refractivity contribution in [2.24, 2.45) is 5.92 Å². The van der Waals surface area contributed by atoms with Crippen LogP contribution in [0.4, 0.5) is 10.5 Å². The van der Waals surface area contributed by atoms with Crippen LogP contribution in [0.1, 0.15) is 19.8 Å². The van der Waals surface area contributed by atoms with Gasteiger partial charge < -0.3 is 10.1 Å². The number of carbonyl (C=O) groups is 2. The normalized spacial score (nSPS) is 25.9. The molecule has 0 bridgehead atoms. The van der Waals surface area contributed by atoms with Crippen LogP contribution in [0.2, 0.25) is 0 Å². The highest BCUT2D eigenvalue weighted by molar-refractivity contribution is 9.10. The van der Waals surface area contributed by atoms with Gasteiger partial charge in [-0.1, -0.05) is 0 Å². The summed E-state index contributed by atoms with van der Waals surface area (Å²) in [6, 6.07) is 1.25. The fraction of sp³-hybridized carbons (Fsp3) is 0.462. The van der Waals surface area contributed by atoms with Crippen molar-refractivity contribution in [2.75, 3.05) is 12.0 Å². The minimum atomic E-state index is -0.788. The number of anilines is 1. The Labute approximate surface area is 124 Å². The molecule has 0 spiro atoms. The number of methoxy groups -OCH3 is 1. The third kappa shape index (κ3) is 1.88. The minimum absolute atomic E-state index is 0.219. The lowest BCUT2D eigenvalue weighted by Crippen LogP contribution is -2.46. The van der Waals surface area contributed by atoms with Crippen molar-refractivity contribution in [3.8, 4) is 5.88 Å². The number of nitrogens with zero attached hydrogens (tertiary/aromatic N) is 2. The first kappa shape index (κ1) is 13.4. The van der Waals surface area contributed by atoms with Crippen LogP contribution in [0.25, 0.3) is 0 Å². The lowest BCUT2D eigenvalue weighted by atomic mass is 9.96. The molecule has 1 saturated heterocycles. The number of hydrogen-bond donors (Lipinski definition) is 1. The van der Waals surface area contributed by atoms with Crippen molar-refractivity contribution in [3.05, 3.63) is 16.7 Å². The van der Waals surface area contributed by atoms with E-state index in [9.17, 15) is 9.59 Å². The third-order valence-corrected chi connectivity index (χ3v) is 4.42. The van der Waals surface area contributed by atoms with E-state index in [0.717, 1.165) is 17.7 Å². The van der Waals surface area contributed by atoms with Gasteiger partial charge in [-0.3, -0.25) is 4.79 Å². The Balaban J connectivity index is 1.96. The van der Waals surface area contributed by atoms with Gasteiger partial charge in [0.25, 0.3) is 5.91 Å². The van der Waals surface area contributed by atoms with E-state index in [1.165, 1.54) is 13.3 Å². The average molecular weight is 340 g/mol. The molecule has 1 aliphatic heterocycles. The van der Waals surface area contributed by atoms with Crippen LogP contribution < -0.4 is 15.0 Å². The molecule has 7 heteroatoms. The Morgan fingerprint density at radius 3 is 2.75 bits per heavy atom. The smallest absolute Gasteiger partial charge is 0.329 e. The van der Waals surface area contributed by atoms with E-state index in [4.69, 9.17) is 4.74 Å². The highest BCUT2D eigenvalue weighted by atomic mass is 79.9. The van der Waals surface area contributed by atoms with Crippen molar-refractivity contribution in [2.45, 2.75) is 25.3 Å². The predicted molar refractivity (Wildman–Crippen MR) is 75.6 cm³/mol. The summed E-state index contributed by atoms with van der Waals surface area (Å²) < 4.78 is 5.64. The molecule has 1 aromatic heterocycles. The van der Waals surface area contributed by atoms with Crippen molar-refractivity contribution in [1.29, 1.82) is 0 Å². The zero-order chi connectivity index (χ0) is 14.5. The van der Waals surface area contributed by atoms with Crippen LogP contribution >= 0.6 is 15.9 Å². The van der Waals surface area contributed by atoms with Crippen LogP contribution in [0.3, 0.4) is 0 Å². The van der Waals surface area contributed by atoms with Crippen LogP contribution in [0, 0.1) is 5.92 Å². The number of urea groups is 1. The molecule has 1 unspecified atom stereocenters. The van der Waals surface area contributed by atoms with Crippen molar-refractivity contribution in [1.82, 2.24) is 10.3 Å². The molecule has 6 nitrogen and oxygen atoms in total. The molecular formula is C13H14BrN3O3. The van der Waals surface area contributed by atoms with Crippen molar-refractivity contribution < 1.29 is 14.3 Å². The SMILES string of the molecule is COc1ncc(N2C(=O)NC(C)(C3CC3)C2=O)cc1Br. The summed E-state index contributed by atoms with van der Waals surface area (Å²) in [6.07, 6.45) is 3.40. The molecule has 1 aromatic rings. The van der Waals surface area contributed by atoms with Gasteiger partial charge in [0.05, 0.1) is 23.5 Å². The number of rotatable bonds is 3. The number of nitrogens with one attached hydrogen (secondary N) is 1. The van der Waals surface area contributed by atoms with Gasteiger partial charge in [0.2, 0.25) is 5.88 Å². The Kier molecular flexibility index (Phi) is 2.97. The second-order valence-corrected chi connectivity index (χ2v) is 6.09. The van der Waals surface area contributed by atoms with Gasteiger partial charge in [0.1, 0.15) is 5.54 Å². The van der Waals surface area contributed by atoms with Crippen LogP contribution in [0.5, 0.6) is 5.88 Å². The number of imide groups is 1. The number of amides is 3. The fourth-order valence-corrected chi connectivity index (χ4v) is 3.01. The number of aromatic nitrogens is 1. The molecule has 0 radical (unpaired) electrons. The first-order valence-corrected chi connectivity index (χ1v) is 7.13. The van der Waals surface area contributed by atoms with Crippen LogP contribution in [0.15, 0.2) is 16.7 Å². The van der Waals surface area contributed by atoms with Crippen LogP contribution in [-0.4, -0.2) is 29.6 Å². The van der Waals surface area contributed by atoms with Gasteiger partial charge in [-0.2, -0.15) is 0 Å². The molecule has 2 heterocycles. The fourth-order valence-electron chi connectivity index (χ4n) is 2.52. The van der Waals surface area contributed by atoms with Gasteiger partial charge >= 0.3 is 6.03 Å². The van der Waals surface area contributed by atoms with E-state index in [1.54, 1.807) is 13.0 Å². The maximum Gasteiger partial charge on any atom is 0.329 e. The zero-order valence-electron chi connectivity index (χ0n) is 11.1. The number of pyridine rings is 1. The summed E-state index contributed by atoms with van der Waals surface area (Å²) in [6.45, 7) is 1.79. The Bertz CT molecular complexity index is 603. The number of hydrogen-bond acceptors (Lipinski definition) is 4. The lowest BCUT2D eigenvalue weighted by molar-refractivity contribution is -0.122. The molecule has 1 aliphatic carbocycles. The molecule has 106 valence electrons. The molecular weight excluding hydrogens is 326 g/mol. The molecule has 0 aromatic carbocycles. The number of ether oxygens (including phenoxy) is 1. The van der Waals surface area contributed by atoms with Gasteiger partial charge in [0.15, 0.2) is 0 Å². The Morgan fingerprint density at radius 2 is 2.20 bits per heavy atom. The van der Waals surface area contributed by atoms with E-state index < -0.39 is 11.6 Å². The van der Waals surface area contributed by atoms with Crippen molar-refractivity contribution in [3.63, 3.8) is 0 Å². The largest absolute Gasteiger partial charge is 0.480 e. The van der Waals surface area contributed by atoms with Gasteiger partial charge in [-0.05, 0) is 47.7 Å². The quantitative estimate of drug-likeness (QED) is 0.856. The second kappa shape index (κ2) is 4.44. The topological polar surface area (TPSA) is 71.5 Å². The maximum atomic E-state index is 12.6. The summed E-state index contributed by atoms with van der Waals surface area (Å²) in [5.41, 5.74) is -0.353. The average Bonchev–Trinajstić information content (AvgIpc) is 3.20. The molecule has 1 saturated carbocycles. The monoisotopic (exact) mass is 339 g/mol. The summed E-state index contributed by atoms with van der Waals surface area (Å²) in [5, 5.41) is 2.80. The summed E-state index contributed by atoms with van der Waals surface area (Å²) in [5.74, 6) is 0.424. The first-order chi connectivity index (χ1) is 9.47. The van der Waals surface area contributed by atoms with Gasteiger partial charge in [0, 0.05) is 0 Å². The second-order valence-electron chi connectivity index (χ2n) is 5.23. The minimum Gasteiger partial charge on any atom is -0.480 e. The van der Waals surface area contributed by atoms with Gasteiger partial charge in [-0.15, -0.1) is 0 Å². The number of carbonyl (C=O) groups excluding carboxylic acids is 2. The molecule has 1 atom stereocenters. The van der Waals surface area contributed by atoms with Crippen LogP contribution in [-0.2, 0) is 4.79 Å². The number of halogens is 1. The standard InChI is InChI=1S/C13H14BrN3O3/c1-13(7-3-4-7)11(18)17(12(19)16-13)8-5-9(14)10(20-2)15-6-8/h5-7H,3-4H2,1-2H3,(H,16,19). The lowest BCUT2D eigenvalue weighted by Gasteiger charge is -2.21. The summed E-state index contributed by atoms with van der Waals surface area (Å²) in [4.78, 5) is 29.9. The summed E-state index contributed by atoms with van der Waals surface area (Å²) >= 11 is 3.31. The Hall–Kier alpha value is -1.63. The summed E-state index contributed by atoms with van der Waals surface area (Å²) in [7, 11) is 1.50. The molecule has 3 amide bonds. The van der Waals surface area contributed by atoms with E-state index in [-0.39, 0.29) is 11.8 Å². The maximum absolute atomic E-state index is 12.6. The highest BCUT2D eigenvalue weighted by Crippen LogP contribution is 2.43. The molecule has 1 N–H and O–H groups in total. The van der Waals surface area contributed by atoms with E-state index >= 15 is 0 Å². The van der Waals surface area contributed by atoms with E-state index in [0.29, 0.717) is 16.0 Å². The highest BCUT2D eigenvalue weighted by Gasteiger charge is 2.56. The van der Waals surface area contributed by atoms with E-state index in [1.807, 2.05) is 0 Å². The zero-order valence-corrected chi connectivity index (χ0v) is 12.7. The van der Waals surface area contributed by atoms with E-state index in [2.05, 4.69) is 26.2 Å². The third-order valence-electron chi connectivity index (χ3n) is 3.86. The molecule has 3 rings (SSSR count). The van der Waals surface area contributed by atoms with Gasteiger partial charge in [-0.25, -0.2) is 14.7 Å². The predicted octanol–water partition coefficient (Wildman–Crippen LogP) is 2.08. The molecule has 2 aliphatic rings. The first-order valence-electron chi connectivity index (χ1n) is 6.33. The van der Waals surface area contributed by atoms with Crippen molar-refractivity contribution >= 4 is 33.6 Å².